The van der Waals surface area contributed by atoms with E-state index in [9.17, 15) is 4.79 Å². The van der Waals surface area contributed by atoms with E-state index in [0.717, 1.165) is 6.54 Å². The Balaban J connectivity index is 2.47. The van der Waals surface area contributed by atoms with Gasteiger partial charge in [-0.15, -0.1) is 0 Å². The molecule has 1 N–H and O–H groups in total. The highest BCUT2D eigenvalue weighted by Crippen LogP contribution is 2.22. The van der Waals surface area contributed by atoms with E-state index >= 15 is 0 Å². The normalized spacial score (nSPS) is 20.7. The molecule has 0 aromatic heterocycles. The molecule has 1 rings (SSSR count). The topological polar surface area (TPSA) is 40.5 Å². The molecule has 3 heteroatoms. The van der Waals surface area contributed by atoms with Gasteiger partial charge in [0.05, 0.1) is 5.92 Å². The fourth-order valence-corrected chi connectivity index (χ4v) is 2.59. The molecule has 1 aliphatic carbocycles. The molecule has 0 bridgehead atoms. The number of aliphatic carboxylic acids is 1. The molecule has 1 fully saturated rings. The minimum Gasteiger partial charge on any atom is -0.481 e. The molecule has 0 amide bonds. The molecular formula is C13H25NO2. The quantitative estimate of drug-likeness (QED) is 0.734. The smallest absolute Gasteiger partial charge is 0.307 e. The minimum atomic E-state index is -0.674. The maximum absolute atomic E-state index is 10.9. The van der Waals surface area contributed by atoms with E-state index in [1.54, 1.807) is 0 Å². The molecule has 1 unspecified atom stereocenters. The Morgan fingerprint density at radius 2 is 1.88 bits per heavy atom. The fourth-order valence-electron chi connectivity index (χ4n) is 2.59. The molecule has 1 aliphatic rings. The summed E-state index contributed by atoms with van der Waals surface area (Å²) in [4.78, 5) is 13.2. The van der Waals surface area contributed by atoms with Crippen molar-refractivity contribution < 1.29 is 9.90 Å². The summed E-state index contributed by atoms with van der Waals surface area (Å²) in [5.41, 5.74) is 0. The van der Waals surface area contributed by atoms with Gasteiger partial charge in [-0.3, -0.25) is 9.69 Å². The van der Waals surface area contributed by atoms with Gasteiger partial charge in [0.1, 0.15) is 0 Å². The van der Waals surface area contributed by atoms with E-state index in [1.807, 2.05) is 6.92 Å². The van der Waals surface area contributed by atoms with Crippen molar-refractivity contribution >= 4 is 5.97 Å². The highest BCUT2D eigenvalue weighted by molar-refractivity contribution is 5.69. The Bertz CT molecular complexity index is 210. The predicted octanol–water partition coefficient (Wildman–Crippen LogP) is 2.75. The van der Waals surface area contributed by atoms with Crippen LogP contribution >= 0.6 is 0 Å². The van der Waals surface area contributed by atoms with Crippen molar-refractivity contribution in [1.29, 1.82) is 0 Å². The summed E-state index contributed by atoms with van der Waals surface area (Å²) >= 11 is 0. The molecule has 1 atom stereocenters. The molecular weight excluding hydrogens is 202 g/mol. The zero-order valence-electron chi connectivity index (χ0n) is 10.6. The molecule has 1 saturated carbocycles. The minimum absolute atomic E-state index is 0.247. The van der Waals surface area contributed by atoms with Gasteiger partial charge in [0.15, 0.2) is 0 Å². The van der Waals surface area contributed by atoms with Gasteiger partial charge in [0.25, 0.3) is 0 Å². The van der Waals surface area contributed by atoms with Gasteiger partial charge < -0.3 is 5.11 Å². The second-order valence-corrected chi connectivity index (χ2v) is 4.97. The van der Waals surface area contributed by atoms with Gasteiger partial charge in [-0.05, 0) is 19.4 Å². The summed E-state index contributed by atoms with van der Waals surface area (Å²) in [5.74, 6) is -0.921. The third-order valence-electron chi connectivity index (χ3n) is 3.68. The lowest BCUT2D eigenvalue weighted by molar-refractivity contribution is -0.141. The molecule has 0 saturated heterocycles. The average Bonchev–Trinajstić information content (AvgIpc) is 2.53. The fraction of sp³-hybridized carbons (Fsp3) is 0.923. The Morgan fingerprint density at radius 3 is 2.31 bits per heavy atom. The molecule has 0 aromatic carbocycles. The van der Waals surface area contributed by atoms with E-state index in [2.05, 4.69) is 11.8 Å². The first-order valence-corrected chi connectivity index (χ1v) is 6.62. The number of nitrogens with zero attached hydrogens (tertiary/aromatic N) is 1. The van der Waals surface area contributed by atoms with Crippen molar-refractivity contribution in [3.8, 4) is 0 Å². The second-order valence-electron chi connectivity index (χ2n) is 4.97. The van der Waals surface area contributed by atoms with Crippen LogP contribution in [0.4, 0.5) is 0 Å². The van der Waals surface area contributed by atoms with Gasteiger partial charge in [0.2, 0.25) is 0 Å². The van der Waals surface area contributed by atoms with Crippen LogP contribution in [0.2, 0.25) is 0 Å². The van der Waals surface area contributed by atoms with Crippen molar-refractivity contribution in [2.75, 3.05) is 13.1 Å². The third kappa shape index (κ3) is 4.12. The van der Waals surface area contributed by atoms with E-state index in [0.29, 0.717) is 12.6 Å². The van der Waals surface area contributed by atoms with Crippen molar-refractivity contribution in [3.63, 3.8) is 0 Å². The summed E-state index contributed by atoms with van der Waals surface area (Å²) in [6, 6.07) is 0.620. The van der Waals surface area contributed by atoms with E-state index in [1.165, 1.54) is 38.5 Å². The Kier molecular flexibility index (Phi) is 5.81. The van der Waals surface area contributed by atoms with Crippen LogP contribution in [0.1, 0.15) is 52.4 Å². The number of carbonyl (C=O) groups is 1. The molecule has 16 heavy (non-hydrogen) atoms. The van der Waals surface area contributed by atoms with E-state index in [-0.39, 0.29) is 5.92 Å². The first-order chi connectivity index (χ1) is 7.65. The number of hydrogen-bond acceptors (Lipinski definition) is 2. The van der Waals surface area contributed by atoms with Crippen molar-refractivity contribution in [3.05, 3.63) is 0 Å². The standard InChI is InChI=1S/C13H25NO2/c1-3-14(10-11(2)13(15)16)12-8-6-4-5-7-9-12/h11-12H,3-10H2,1-2H3,(H,15,16). The lowest BCUT2D eigenvalue weighted by atomic mass is 10.0. The number of carboxylic acid groups (broad SMARTS) is 1. The Morgan fingerprint density at radius 1 is 1.31 bits per heavy atom. The zero-order valence-corrected chi connectivity index (χ0v) is 10.6. The van der Waals surface area contributed by atoms with Crippen LogP contribution in [0.15, 0.2) is 0 Å². The van der Waals surface area contributed by atoms with Gasteiger partial charge in [-0.25, -0.2) is 0 Å². The van der Waals surface area contributed by atoms with E-state index in [4.69, 9.17) is 5.11 Å². The molecule has 0 heterocycles. The van der Waals surface area contributed by atoms with E-state index < -0.39 is 5.97 Å². The second kappa shape index (κ2) is 6.89. The lowest BCUT2D eigenvalue weighted by Gasteiger charge is -2.31. The zero-order chi connectivity index (χ0) is 12.0. The van der Waals surface area contributed by atoms with Crippen LogP contribution in [0, 0.1) is 5.92 Å². The Hall–Kier alpha value is -0.570. The lowest BCUT2D eigenvalue weighted by Crippen LogP contribution is -2.39. The van der Waals surface area contributed by atoms with Crippen LogP contribution in [0.25, 0.3) is 0 Å². The maximum atomic E-state index is 10.9. The summed E-state index contributed by atoms with van der Waals surface area (Å²) in [5, 5.41) is 8.95. The number of rotatable bonds is 5. The molecule has 0 aliphatic heterocycles. The molecule has 0 aromatic rings. The van der Waals surface area contributed by atoms with Crippen molar-refractivity contribution in [2.45, 2.75) is 58.4 Å². The molecule has 0 spiro atoms. The summed E-state index contributed by atoms with van der Waals surface area (Å²) < 4.78 is 0. The maximum Gasteiger partial charge on any atom is 0.307 e. The summed E-state index contributed by atoms with van der Waals surface area (Å²) in [6.07, 6.45) is 7.82. The number of hydrogen-bond donors (Lipinski definition) is 1. The number of carboxylic acids is 1. The summed E-state index contributed by atoms with van der Waals surface area (Å²) in [7, 11) is 0. The summed E-state index contributed by atoms with van der Waals surface area (Å²) in [6.45, 7) is 5.62. The highest BCUT2D eigenvalue weighted by Gasteiger charge is 2.22. The first-order valence-electron chi connectivity index (χ1n) is 6.62. The molecule has 0 radical (unpaired) electrons. The predicted molar refractivity (Wildman–Crippen MR) is 65.5 cm³/mol. The SMILES string of the molecule is CCN(CC(C)C(=O)O)C1CCCCCC1. The van der Waals surface area contributed by atoms with Crippen molar-refractivity contribution in [2.24, 2.45) is 5.92 Å². The van der Waals surface area contributed by atoms with Crippen LogP contribution in [-0.2, 0) is 4.79 Å². The van der Waals surface area contributed by atoms with Crippen LogP contribution in [0.5, 0.6) is 0 Å². The van der Waals surface area contributed by atoms with Crippen LogP contribution < -0.4 is 0 Å². The molecule has 94 valence electrons. The third-order valence-corrected chi connectivity index (χ3v) is 3.68. The Labute approximate surface area is 98.8 Å². The van der Waals surface area contributed by atoms with Gasteiger partial charge >= 0.3 is 5.97 Å². The van der Waals surface area contributed by atoms with Gasteiger partial charge in [0, 0.05) is 12.6 Å². The van der Waals surface area contributed by atoms with Gasteiger partial charge in [-0.2, -0.15) is 0 Å². The first kappa shape index (κ1) is 13.5. The van der Waals surface area contributed by atoms with Gasteiger partial charge in [-0.1, -0.05) is 39.5 Å². The molecule has 3 nitrogen and oxygen atoms in total. The van der Waals surface area contributed by atoms with Crippen LogP contribution in [-0.4, -0.2) is 35.1 Å². The van der Waals surface area contributed by atoms with Crippen molar-refractivity contribution in [1.82, 2.24) is 4.90 Å². The monoisotopic (exact) mass is 227 g/mol. The largest absolute Gasteiger partial charge is 0.481 e. The average molecular weight is 227 g/mol. The van der Waals surface area contributed by atoms with Crippen LogP contribution in [0.3, 0.4) is 0 Å². The highest BCUT2D eigenvalue weighted by atomic mass is 16.4.